The molecule has 0 heterocycles. The monoisotopic (exact) mass is 1710 g/mol. The van der Waals surface area contributed by atoms with Crippen LogP contribution in [0.25, 0.3) is 0 Å². The molecule has 0 fully saturated rings. The molecule has 0 N–H and O–H groups in total. The van der Waals surface area contributed by atoms with E-state index in [1.807, 2.05) is 0 Å². The maximum absolute atomic E-state index is 8.42. The van der Waals surface area contributed by atoms with Gasteiger partial charge >= 0.3 is 0 Å². The Morgan fingerprint density at radius 3 is 0.215 bits per heavy atom. The van der Waals surface area contributed by atoms with E-state index in [1.54, 1.807) is 0 Å². The van der Waals surface area contributed by atoms with Crippen LogP contribution >= 0.6 is 0 Å². The molecule has 0 unspecified atom stereocenters. The van der Waals surface area contributed by atoms with Crippen LogP contribution in [0.1, 0.15) is 658 Å². The van der Waals surface area contributed by atoms with Crippen molar-refractivity contribution >= 4 is 7.32 Å². The van der Waals surface area contributed by atoms with Gasteiger partial charge in [-0.25, -0.2) is 0 Å². The third-order valence-corrected chi connectivity index (χ3v) is 27.7. The molecule has 0 saturated heterocycles. The lowest BCUT2D eigenvalue weighted by molar-refractivity contribution is -0.890. The molecule has 0 aromatic rings. The van der Waals surface area contributed by atoms with Gasteiger partial charge in [0, 0.05) is 0 Å². The molecule has 0 aromatic carbocycles. The second-order valence-electron chi connectivity index (χ2n) is 42.3. The lowest BCUT2D eigenvalue weighted by Gasteiger charge is -2.35. The molecule has 0 bridgehead atoms. The largest absolute Gasteiger partial charge is 0.907 e. The Bertz CT molecular complexity index is 1440. The van der Waals surface area contributed by atoms with Crippen LogP contribution in [0.5, 0.6) is 0 Å². The Hall–Kier alpha value is -0.175. The summed E-state index contributed by atoms with van der Waals surface area (Å²) in [7, 11) is 11.9. The second kappa shape index (κ2) is 112. The molecule has 0 aliphatic heterocycles. The predicted octanol–water partition coefficient (Wildman–Crippen LogP) is 36.8. The zero-order chi connectivity index (χ0) is 89.2. The molecule has 6 nitrogen and oxygen atoms in total. The van der Waals surface area contributed by atoms with Gasteiger partial charge in [-0.3, -0.25) is 7.32 Å². The van der Waals surface area contributed by atoms with Crippen LogP contribution in [-0.4, -0.2) is 102 Å². The van der Waals surface area contributed by atoms with Crippen molar-refractivity contribution in [2.24, 2.45) is 0 Å². The first-order chi connectivity index (χ1) is 59.1. The zero-order valence-corrected chi connectivity index (χ0v) is 87.3. The van der Waals surface area contributed by atoms with Crippen molar-refractivity contribution in [2.45, 2.75) is 658 Å². The number of hydrogen-bond donors (Lipinski definition) is 0. The minimum Gasteiger partial charge on any atom is -0.907 e. The molecule has 0 rings (SSSR count). The summed E-state index contributed by atoms with van der Waals surface area (Å²) in [4.78, 5) is 0. The van der Waals surface area contributed by atoms with Gasteiger partial charge in [0.1, 0.15) is 0 Å². The molecule has 0 aromatic heterocycles. The van der Waals surface area contributed by atoms with E-state index in [0.29, 0.717) is 0 Å². The molecule has 0 radical (unpaired) electrons. The van der Waals surface area contributed by atoms with Gasteiger partial charge in [-0.15, -0.1) is 0 Å². The highest BCUT2D eigenvalue weighted by Crippen LogP contribution is 2.23. The molecular weight excluding hydrogens is 1470 g/mol. The Kier molecular flexibility index (Phi) is 118. The quantitative estimate of drug-likeness (QED) is 0.0346. The van der Waals surface area contributed by atoms with Crippen LogP contribution < -0.4 is 15.1 Å². The van der Waals surface area contributed by atoms with Crippen LogP contribution in [0.3, 0.4) is 0 Å². The number of nitrogens with zero attached hydrogens (tertiary/aromatic N) is 3. The third-order valence-electron chi connectivity index (χ3n) is 27.7. The lowest BCUT2D eigenvalue weighted by atomic mass is 10.0. The van der Waals surface area contributed by atoms with Crippen molar-refractivity contribution in [1.82, 2.24) is 0 Å². The minimum absolute atomic E-state index is 1.25. The Morgan fingerprint density at radius 1 is 0.107 bits per heavy atom. The van der Waals surface area contributed by atoms with Gasteiger partial charge in [-0.2, -0.15) is 0 Å². The van der Waals surface area contributed by atoms with E-state index in [-0.39, 0.29) is 0 Å². The standard InChI is InChI=1S/3C38H80N.BO3/c3*1-5-7-9-11-13-15-17-19-21-23-25-27-29-31-33-35-37-39(3,4)38-36-34-32-30-28-26-24-22-20-18-16-14-12-10-8-6-2;2-1(3)4/h3*5-38H2,1-4H3;/q3*+1;-3. The molecule has 0 aliphatic carbocycles. The highest BCUT2D eigenvalue weighted by Gasteiger charge is 2.17. The van der Waals surface area contributed by atoms with Gasteiger partial charge < -0.3 is 28.5 Å². The van der Waals surface area contributed by atoms with E-state index in [9.17, 15) is 0 Å². The topological polar surface area (TPSA) is 69.2 Å². The predicted molar refractivity (Wildman–Crippen MR) is 549 cm³/mol. The van der Waals surface area contributed by atoms with Gasteiger partial charge in [0.2, 0.25) is 0 Å². The highest BCUT2D eigenvalue weighted by molar-refractivity contribution is 6.24. The van der Waals surface area contributed by atoms with Crippen LogP contribution in [0.2, 0.25) is 0 Å². The summed E-state index contributed by atoms with van der Waals surface area (Å²) in [6.45, 7) is 22.2. The molecule has 7 heteroatoms. The summed E-state index contributed by atoms with van der Waals surface area (Å²) in [6, 6.07) is 0. The van der Waals surface area contributed by atoms with Crippen molar-refractivity contribution < 1.29 is 28.5 Å². The van der Waals surface area contributed by atoms with Gasteiger partial charge in [-0.05, 0) is 77.0 Å². The first-order valence-electron chi connectivity index (χ1n) is 57.5. The molecule has 0 atom stereocenters. The zero-order valence-electron chi connectivity index (χ0n) is 87.3. The average Bonchev–Trinajstić information content (AvgIpc) is 0.951. The van der Waals surface area contributed by atoms with Gasteiger partial charge in [0.15, 0.2) is 0 Å². The molecule has 0 amide bonds. The minimum atomic E-state index is -2.92. The second-order valence-corrected chi connectivity index (χ2v) is 42.3. The van der Waals surface area contributed by atoms with Crippen LogP contribution in [0, 0.1) is 0 Å². The normalized spacial score (nSPS) is 11.8. The summed E-state index contributed by atoms with van der Waals surface area (Å²) in [5, 5.41) is 25.2. The number of rotatable bonds is 102. The van der Waals surface area contributed by atoms with E-state index < -0.39 is 7.32 Å². The Morgan fingerprint density at radius 2 is 0.157 bits per heavy atom. The van der Waals surface area contributed by atoms with E-state index in [2.05, 4.69) is 83.8 Å². The van der Waals surface area contributed by atoms with Crippen molar-refractivity contribution in [1.29, 1.82) is 0 Å². The first-order valence-corrected chi connectivity index (χ1v) is 57.5. The van der Waals surface area contributed by atoms with Crippen LogP contribution in [0.4, 0.5) is 0 Å². The van der Waals surface area contributed by atoms with Crippen LogP contribution in [0.15, 0.2) is 0 Å². The van der Waals surface area contributed by atoms with Crippen molar-refractivity contribution in [3.63, 3.8) is 0 Å². The maximum atomic E-state index is 8.42. The van der Waals surface area contributed by atoms with Gasteiger partial charge in [0.05, 0.1) is 81.6 Å². The maximum Gasteiger partial charge on any atom is 0.0782 e. The summed E-state index contributed by atoms with van der Waals surface area (Å²) in [5.41, 5.74) is 0. The third kappa shape index (κ3) is 128. The smallest absolute Gasteiger partial charge is 0.0782 e. The van der Waals surface area contributed by atoms with Crippen LogP contribution in [-0.2, 0) is 0 Å². The fourth-order valence-electron chi connectivity index (χ4n) is 18.9. The highest BCUT2D eigenvalue weighted by atomic mass is 16.5. The van der Waals surface area contributed by atoms with E-state index in [4.69, 9.17) is 15.1 Å². The van der Waals surface area contributed by atoms with Crippen molar-refractivity contribution in [3.8, 4) is 0 Å². The summed E-state index contributed by atoms with van der Waals surface area (Å²) in [5.74, 6) is 0. The summed E-state index contributed by atoms with van der Waals surface area (Å²) < 4.78 is 3.74. The van der Waals surface area contributed by atoms with Crippen molar-refractivity contribution in [3.05, 3.63) is 0 Å². The fraction of sp³-hybridized carbons (Fsp3) is 1.00. The molecule has 0 aliphatic rings. The van der Waals surface area contributed by atoms with E-state index in [1.165, 1.54) is 669 Å². The van der Waals surface area contributed by atoms with Gasteiger partial charge in [0.25, 0.3) is 0 Å². The SMILES string of the molecule is CCCCCCCCCCCCCCCCCC[N+](C)(C)CCCCCCCCCCCCCCCCCC.CCCCCCCCCCCCCCCCCC[N+](C)(C)CCCCCCCCCCCCCCCCCC.CCCCCCCCCCCCCCCCCC[N+](C)(C)CCCCCCCCCCCCCCCCCC.[O-]B([O-])[O-]. The Labute approximate surface area is 770 Å². The Balaban J connectivity index is -0.000000828. The molecule has 121 heavy (non-hydrogen) atoms. The molecule has 732 valence electrons. The molecule has 0 spiro atoms. The first kappa shape index (κ1) is 127. The number of quaternary nitrogens is 3. The van der Waals surface area contributed by atoms with Crippen molar-refractivity contribution in [2.75, 3.05) is 81.6 Å². The van der Waals surface area contributed by atoms with Gasteiger partial charge in [-0.1, -0.05) is 581 Å². The summed E-state index contributed by atoms with van der Waals surface area (Å²) >= 11 is 0. The molecule has 0 saturated carbocycles. The van der Waals surface area contributed by atoms with E-state index >= 15 is 0 Å². The average molecular weight is 1710 g/mol. The summed E-state index contributed by atoms with van der Waals surface area (Å²) in [6.07, 6.45) is 141. The number of hydrogen-bond acceptors (Lipinski definition) is 3. The van der Waals surface area contributed by atoms with E-state index in [0.717, 1.165) is 0 Å². The number of unbranched alkanes of at least 4 members (excludes halogenated alkanes) is 90. The lowest BCUT2D eigenvalue weighted by Crippen LogP contribution is -2.56. The fourth-order valence-corrected chi connectivity index (χ4v) is 18.9. The molecular formula is C114H240BN3O3.